The third-order valence-corrected chi connectivity index (χ3v) is 3.89. The van der Waals surface area contributed by atoms with Crippen molar-refractivity contribution in [2.75, 3.05) is 6.54 Å². The smallest absolute Gasteiger partial charge is 0.0965 e. The summed E-state index contributed by atoms with van der Waals surface area (Å²) in [6.45, 7) is 3.35. The van der Waals surface area contributed by atoms with E-state index >= 15 is 0 Å². The molecular weight excluding hydrogens is 184 g/mol. The van der Waals surface area contributed by atoms with Crippen molar-refractivity contribution >= 4 is 5.84 Å². The minimum atomic E-state index is 0.696. The molecule has 15 heavy (non-hydrogen) atoms. The zero-order chi connectivity index (χ0) is 10.5. The van der Waals surface area contributed by atoms with E-state index in [0.29, 0.717) is 6.04 Å². The first-order valence-electron chi connectivity index (χ1n) is 6.70. The zero-order valence-electron chi connectivity index (χ0n) is 9.97. The molecule has 1 atom stereocenters. The standard InChI is InChI=1S/C13H24N2/c1-2-12(11-7-4-3-5-8-11)15-13-9-6-10-14-13/h11-12H,2-10H2,1H3,(H,14,15). The van der Waals surface area contributed by atoms with Crippen molar-refractivity contribution < 1.29 is 0 Å². The van der Waals surface area contributed by atoms with Crippen molar-refractivity contribution in [2.45, 2.75) is 64.3 Å². The van der Waals surface area contributed by atoms with Crippen molar-refractivity contribution in [1.29, 1.82) is 0 Å². The number of hydrogen-bond acceptors (Lipinski definition) is 2. The largest absolute Gasteiger partial charge is 0.371 e. The van der Waals surface area contributed by atoms with Crippen LogP contribution in [-0.4, -0.2) is 18.4 Å². The summed E-state index contributed by atoms with van der Waals surface area (Å²) in [6, 6.07) is 0.696. The molecule has 86 valence electrons. The van der Waals surface area contributed by atoms with E-state index < -0.39 is 0 Å². The highest BCUT2D eigenvalue weighted by molar-refractivity contribution is 5.83. The molecule has 1 aliphatic carbocycles. The quantitative estimate of drug-likeness (QED) is 0.757. The Balaban J connectivity index is 1.84. The first kappa shape index (κ1) is 11.0. The van der Waals surface area contributed by atoms with Gasteiger partial charge < -0.3 is 5.32 Å². The number of amidine groups is 1. The van der Waals surface area contributed by atoms with Crippen LogP contribution in [0.4, 0.5) is 0 Å². The van der Waals surface area contributed by atoms with Gasteiger partial charge in [0.1, 0.15) is 0 Å². The monoisotopic (exact) mass is 208 g/mol. The summed E-state index contributed by atoms with van der Waals surface area (Å²) in [5.74, 6) is 2.19. The molecule has 0 aromatic heterocycles. The molecule has 1 aliphatic heterocycles. The van der Waals surface area contributed by atoms with Crippen molar-refractivity contribution in [3.05, 3.63) is 0 Å². The van der Waals surface area contributed by atoms with E-state index in [1.807, 2.05) is 0 Å². The minimum Gasteiger partial charge on any atom is -0.371 e. The molecule has 0 saturated heterocycles. The summed E-state index contributed by atoms with van der Waals surface area (Å²) in [5.41, 5.74) is 0. The van der Waals surface area contributed by atoms with E-state index in [-0.39, 0.29) is 0 Å². The lowest BCUT2D eigenvalue weighted by Gasteiger charge is -2.30. The van der Waals surface area contributed by atoms with Crippen molar-refractivity contribution in [1.82, 2.24) is 5.32 Å². The molecule has 1 heterocycles. The number of rotatable bonds is 3. The fraction of sp³-hybridized carbons (Fsp3) is 0.923. The van der Waals surface area contributed by atoms with Gasteiger partial charge in [-0.25, -0.2) is 0 Å². The molecule has 0 amide bonds. The number of aliphatic imine (C=N–C) groups is 1. The maximum absolute atomic E-state index is 4.52. The van der Waals surface area contributed by atoms with E-state index in [4.69, 9.17) is 0 Å². The molecule has 1 saturated carbocycles. The van der Waals surface area contributed by atoms with E-state index in [1.165, 1.54) is 57.2 Å². The molecular formula is C13H24N2. The third kappa shape index (κ3) is 2.96. The van der Waals surface area contributed by atoms with Gasteiger partial charge in [-0.05, 0) is 31.6 Å². The Labute approximate surface area is 93.6 Å². The van der Waals surface area contributed by atoms with Crippen LogP contribution in [-0.2, 0) is 0 Å². The SMILES string of the molecule is CCC(NC1=NCCC1)C1CCCCC1. The Morgan fingerprint density at radius 1 is 1.27 bits per heavy atom. The lowest BCUT2D eigenvalue weighted by molar-refractivity contribution is 0.283. The normalized spacial score (nSPS) is 25.0. The van der Waals surface area contributed by atoms with Gasteiger partial charge in [0.25, 0.3) is 0 Å². The van der Waals surface area contributed by atoms with Crippen molar-refractivity contribution in [3.8, 4) is 0 Å². The van der Waals surface area contributed by atoms with Crippen molar-refractivity contribution in [3.63, 3.8) is 0 Å². The summed E-state index contributed by atoms with van der Waals surface area (Å²) < 4.78 is 0. The first-order valence-corrected chi connectivity index (χ1v) is 6.70. The Bertz CT molecular complexity index is 217. The topological polar surface area (TPSA) is 24.4 Å². The second-order valence-electron chi connectivity index (χ2n) is 4.99. The second-order valence-corrected chi connectivity index (χ2v) is 4.99. The molecule has 0 aromatic rings. The van der Waals surface area contributed by atoms with Gasteiger partial charge >= 0.3 is 0 Å². The minimum absolute atomic E-state index is 0.696. The van der Waals surface area contributed by atoms with Gasteiger partial charge in [-0.1, -0.05) is 26.2 Å². The van der Waals surface area contributed by atoms with Crippen LogP contribution in [0, 0.1) is 5.92 Å². The van der Waals surface area contributed by atoms with E-state index in [1.54, 1.807) is 0 Å². The fourth-order valence-corrected chi connectivity index (χ4v) is 2.96. The summed E-state index contributed by atoms with van der Waals surface area (Å²) in [4.78, 5) is 4.52. The van der Waals surface area contributed by atoms with Gasteiger partial charge in [-0.3, -0.25) is 4.99 Å². The van der Waals surface area contributed by atoms with Crippen molar-refractivity contribution in [2.24, 2.45) is 10.9 Å². The van der Waals surface area contributed by atoms with Gasteiger partial charge in [-0.15, -0.1) is 0 Å². The highest BCUT2D eigenvalue weighted by Crippen LogP contribution is 2.27. The van der Waals surface area contributed by atoms with E-state index in [2.05, 4.69) is 17.2 Å². The van der Waals surface area contributed by atoms with Crippen LogP contribution in [0.1, 0.15) is 58.3 Å². The predicted octanol–water partition coefficient (Wildman–Crippen LogP) is 3.13. The van der Waals surface area contributed by atoms with Gasteiger partial charge in [-0.2, -0.15) is 0 Å². The van der Waals surface area contributed by atoms with Crippen LogP contribution in [0.3, 0.4) is 0 Å². The Hall–Kier alpha value is -0.530. The van der Waals surface area contributed by atoms with Crippen LogP contribution >= 0.6 is 0 Å². The Morgan fingerprint density at radius 3 is 2.67 bits per heavy atom. The summed E-state index contributed by atoms with van der Waals surface area (Å²) >= 11 is 0. The summed E-state index contributed by atoms with van der Waals surface area (Å²) in [6.07, 6.45) is 10.9. The van der Waals surface area contributed by atoms with Crippen LogP contribution in [0.25, 0.3) is 0 Å². The Morgan fingerprint density at radius 2 is 2.07 bits per heavy atom. The number of nitrogens with zero attached hydrogens (tertiary/aromatic N) is 1. The number of nitrogens with one attached hydrogen (secondary N) is 1. The van der Waals surface area contributed by atoms with Crippen LogP contribution in [0.2, 0.25) is 0 Å². The zero-order valence-corrected chi connectivity index (χ0v) is 9.97. The third-order valence-electron chi connectivity index (χ3n) is 3.89. The van der Waals surface area contributed by atoms with Gasteiger partial charge in [0.15, 0.2) is 0 Å². The fourth-order valence-electron chi connectivity index (χ4n) is 2.96. The average Bonchev–Trinajstić information content (AvgIpc) is 2.80. The van der Waals surface area contributed by atoms with E-state index in [0.717, 1.165) is 12.5 Å². The highest BCUT2D eigenvalue weighted by atomic mass is 15.0. The molecule has 2 heteroatoms. The molecule has 2 nitrogen and oxygen atoms in total. The Kier molecular flexibility index (Phi) is 4.04. The molecule has 0 bridgehead atoms. The lowest BCUT2D eigenvalue weighted by atomic mass is 9.83. The molecule has 2 rings (SSSR count). The molecule has 1 fully saturated rings. The number of hydrogen-bond donors (Lipinski definition) is 1. The molecule has 0 spiro atoms. The summed E-state index contributed by atoms with van der Waals surface area (Å²) in [7, 11) is 0. The highest BCUT2D eigenvalue weighted by Gasteiger charge is 2.23. The van der Waals surface area contributed by atoms with Crippen LogP contribution in [0.15, 0.2) is 4.99 Å². The van der Waals surface area contributed by atoms with Crippen LogP contribution in [0.5, 0.6) is 0 Å². The molecule has 1 unspecified atom stereocenters. The van der Waals surface area contributed by atoms with Gasteiger partial charge in [0.05, 0.1) is 5.84 Å². The molecule has 0 radical (unpaired) electrons. The van der Waals surface area contributed by atoms with Gasteiger partial charge in [0, 0.05) is 19.0 Å². The maximum Gasteiger partial charge on any atom is 0.0965 e. The van der Waals surface area contributed by atoms with Crippen LogP contribution < -0.4 is 5.32 Å². The molecule has 1 N–H and O–H groups in total. The molecule has 0 aromatic carbocycles. The first-order chi connectivity index (χ1) is 7.40. The van der Waals surface area contributed by atoms with E-state index in [9.17, 15) is 0 Å². The second kappa shape index (κ2) is 5.53. The average molecular weight is 208 g/mol. The van der Waals surface area contributed by atoms with Gasteiger partial charge in [0.2, 0.25) is 0 Å². The molecule has 2 aliphatic rings. The maximum atomic E-state index is 4.52. The lowest BCUT2D eigenvalue weighted by Crippen LogP contribution is -2.40. The predicted molar refractivity (Wildman–Crippen MR) is 65.3 cm³/mol. The summed E-state index contributed by atoms with van der Waals surface area (Å²) in [5, 5.41) is 3.69.